The van der Waals surface area contributed by atoms with Crippen LogP contribution in [0.25, 0.3) is 0 Å². The van der Waals surface area contributed by atoms with Crippen molar-refractivity contribution in [3.63, 3.8) is 0 Å². The molecule has 0 aromatic rings. The molecule has 0 saturated carbocycles. The monoisotopic (exact) mass is 1370 g/mol. The summed E-state index contributed by atoms with van der Waals surface area (Å²) in [6, 6.07) is 0. The molecular formula is C74H144O17P2. The minimum Gasteiger partial charge on any atom is -0.462 e. The molecule has 0 bridgehead atoms. The van der Waals surface area contributed by atoms with Crippen LogP contribution in [0.3, 0.4) is 0 Å². The van der Waals surface area contributed by atoms with Crippen LogP contribution < -0.4 is 0 Å². The Morgan fingerprint density at radius 2 is 0.430 bits per heavy atom. The number of aliphatic hydroxyl groups is 1. The number of carbonyl (C=O) groups excluding carboxylic acids is 4. The first kappa shape index (κ1) is 91.1. The Balaban J connectivity index is 5.20. The van der Waals surface area contributed by atoms with Crippen molar-refractivity contribution in [2.45, 2.75) is 412 Å². The zero-order valence-corrected chi connectivity index (χ0v) is 62.0. The molecule has 0 aliphatic heterocycles. The van der Waals surface area contributed by atoms with E-state index < -0.39 is 97.5 Å². The first-order valence-electron chi connectivity index (χ1n) is 38.8. The summed E-state index contributed by atoms with van der Waals surface area (Å²) in [5.41, 5.74) is 0. The van der Waals surface area contributed by atoms with Gasteiger partial charge in [-0.1, -0.05) is 342 Å². The van der Waals surface area contributed by atoms with Crippen LogP contribution in [-0.2, 0) is 65.4 Å². The van der Waals surface area contributed by atoms with Crippen molar-refractivity contribution in [2.75, 3.05) is 39.6 Å². The number of rotatable bonds is 75. The Labute approximate surface area is 568 Å². The molecule has 0 spiro atoms. The van der Waals surface area contributed by atoms with Crippen molar-refractivity contribution in [2.24, 2.45) is 0 Å². The third-order valence-electron chi connectivity index (χ3n) is 17.4. The minimum absolute atomic E-state index is 0.108. The van der Waals surface area contributed by atoms with Crippen molar-refractivity contribution in [1.29, 1.82) is 0 Å². The molecule has 2 unspecified atom stereocenters. The summed E-state index contributed by atoms with van der Waals surface area (Å²) in [4.78, 5) is 72.6. The number of phosphoric acid groups is 2. The molecule has 0 aromatic heterocycles. The van der Waals surface area contributed by atoms with E-state index in [2.05, 4.69) is 27.7 Å². The van der Waals surface area contributed by atoms with Gasteiger partial charge in [0.05, 0.1) is 26.4 Å². The van der Waals surface area contributed by atoms with E-state index in [1.807, 2.05) is 0 Å². The molecule has 19 heteroatoms. The largest absolute Gasteiger partial charge is 0.472 e. The molecule has 0 saturated heterocycles. The highest BCUT2D eigenvalue weighted by molar-refractivity contribution is 7.47. The second-order valence-electron chi connectivity index (χ2n) is 26.7. The first-order chi connectivity index (χ1) is 45.2. The number of hydrogen-bond acceptors (Lipinski definition) is 15. The molecule has 0 amide bonds. The molecule has 5 atom stereocenters. The minimum atomic E-state index is -4.95. The quantitative estimate of drug-likeness (QED) is 0.0222. The Hall–Kier alpha value is -1.94. The summed E-state index contributed by atoms with van der Waals surface area (Å²) in [5, 5.41) is 10.6. The second kappa shape index (κ2) is 68.6. The molecule has 552 valence electrons. The third kappa shape index (κ3) is 68.4. The van der Waals surface area contributed by atoms with Crippen molar-refractivity contribution in [3.05, 3.63) is 0 Å². The number of esters is 4. The van der Waals surface area contributed by atoms with Gasteiger partial charge in [0.15, 0.2) is 12.2 Å². The molecule has 0 radical (unpaired) electrons. The van der Waals surface area contributed by atoms with Gasteiger partial charge in [-0.2, -0.15) is 0 Å². The van der Waals surface area contributed by atoms with Gasteiger partial charge in [0.2, 0.25) is 0 Å². The van der Waals surface area contributed by atoms with Crippen LogP contribution in [0.1, 0.15) is 394 Å². The van der Waals surface area contributed by atoms with E-state index >= 15 is 0 Å². The van der Waals surface area contributed by atoms with E-state index in [1.54, 1.807) is 0 Å². The van der Waals surface area contributed by atoms with Crippen LogP contribution in [-0.4, -0.2) is 96.7 Å². The van der Waals surface area contributed by atoms with E-state index in [0.29, 0.717) is 25.7 Å². The maximum Gasteiger partial charge on any atom is 0.472 e. The van der Waals surface area contributed by atoms with Crippen molar-refractivity contribution in [1.82, 2.24) is 0 Å². The fraction of sp³-hybridized carbons (Fsp3) is 0.946. The molecule has 93 heavy (non-hydrogen) atoms. The highest BCUT2D eigenvalue weighted by Gasteiger charge is 2.30. The van der Waals surface area contributed by atoms with Gasteiger partial charge >= 0.3 is 39.5 Å². The van der Waals surface area contributed by atoms with Gasteiger partial charge < -0.3 is 33.8 Å². The summed E-state index contributed by atoms with van der Waals surface area (Å²) in [7, 11) is -9.90. The number of aliphatic hydroxyl groups excluding tert-OH is 1. The summed E-state index contributed by atoms with van der Waals surface area (Å²) in [5.74, 6) is -2.12. The number of carbonyl (C=O) groups is 4. The summed E-state index contributed by atoms with van der Waals surface area (Å²) < 4.78 is 68.4. The molecule has 3 N–H and O–H groups in total. The first-order valence-corrected chi connectivity index (χ1v) is 41.8. The summed E-state index contributed by atoms with van der Waals surface area (Å²) in [6.45, 7) is 4.96. The van der Waals surface area contributed by atoms with Crippen molar-refractivity contribution in [3.8, 4) is 0 Å². The average molecular weight is 1370 g/mol. The van der Waals surface area contributed by atoms with E-state index in [0.717, 1.165) is 89.9 Å². The fourth-order valence-electron chi connectivity index (χ4n) is 11.4. The number of hydrogen-bond donors (Lipinski definition) is 3. The zero-order valence-electron chi connectivity index (χ0n) is 60.2. The average Bonchev–Trinajstić information content (AvgIpc) is 3.38. The van der Waals surface area contributed by atoms with Crippen LogP contribution in [0.15, 0.2) is 0 Å². The van der Waals surface area contributed by atoms with E-state index in [9.17, 15) is 43.2 Å². The van der Waals surface area contributed by atoms with Gasteiger partial charge in [-0.15, -0.1) is 0 Å². The second-order valence-corrected chi connectivity index (χ2v) is 29.6. The van der Waals surface area contributed by atoms with Gasteiger partial charge in [0, 0.05) is 25.7 Å². The molecule has 0 aliphatic carbocycles. The maximum atomic E-state index is 13.1. The Bertz CT molecular complexity index is 1770. The van der Waals surface area contributed by atoms with Gasteiger partial charge in [-0.3, -0.25) is 37.3 Å². The lowest BCUT2D eigenvalue weighted by molar-refractivity contribution is -0.161. The fourth-order valence-corrected chi connectivity index (χ4v) is 13.0. The molecule has 0 rings (SSSR count). The Morgan fingerprint density at radius 3 is 0.634 bits per heavy atom. The van der Waals surface area contributed by atoms with E-state index in [1.165, 1.54) is 225 Å². The van der Waals surface area contributed by atoms with E-state index in [-0.39, 0.29) is 25.7 Å². The molecule has 0 fully saturated rings. The van der Waals surface area contributed by atoms with Gasteiger partial charge in [0.1, 0.15) is 19.3 Å². The smallest absolute Gasteiger partial charge is 0.462 e. The highest BCUT2D eigenvalue weighted by atomic mass is 31.2. The summed E-state index contributed by atoms with van der Waals surface area (Å²) in [6.07, 6.45) is 58.2. The predicted octanol–water partition coefficient (Wildman–Crippen LogP) is 21.8. The van der Waals surface area contributed by atoms with Crippen molar-refractivity contribution < 1.29 is 80.2 Å². The normalized spacial score (nSPS) is 13.9. The van der Waals surface area contributed by atoms with Crippen LogP contribution in [0, 0.1) is 0 Å². The zero-order chi connectivity index (χ0) is 68.2. The standard InChI is InChI=1S/C74H144O17P2/c1-5-9-13-17-21-25-28-31-33-34-35-36-39-42-45-49-53-57-61-74(79)91-70(65-85-72(77)59-55-51-47-43-40-38-32-29-26-22-18-14-10-6-2)67-89-93(82,83)87-63-68(75)62-86-92(80,81)88-66-69(64-84-71(76)58-54-50-46-24-20-16-12-8-4)90-73(78)60-56-52-48-44-41-37-30-27-23-19-15-11-7-3/h68-70,75H,5-67H2,1-4H3,(H,80,81)(H,82,83)/t68-,69+,70+/m0/s1. The van der Waals surface area contributed by atoms with Crippen LogP contribution in [0.4, 0.5) is 0 Å². The van der Waals surface area contributed by atoms with Crippen LogP contribution >= 0.6 is 15.6 Å². The molecular weight excluding hydrogens is 1220 g/mol. The topological polar surface area (TPSA) is 237 Å². The number of phosphoric ester groups is 2. The molecule has 0 aromatic carbocycles. The lowest BCUT2D eigenvalue weighted by atomic mass is 10.0. The maximum absolute atomic E-state index is 13.1. The highest BCUT2D eigenvalue weighted by Crippen LogP contribution is 2.45. The van der Waals surface area contributed by atoms with E-state index in [4.69, 9.17) is 37.0 Å². The number of ether oxygens (including phenoxy) is 4. The summed E-state index contributed by atoms with van der Waals surface area (Å²) >= 11 is 0. The predicted molar refractivity (Wildman–Crippen MR) is 377 cm³/mol. The van der Waals surface area contributed by atoms with Crippen molar-refractivity contribution >= 4 is 39.5 Å². The number of unbranched alkanes of at least 4 members (excludes halogenated alkanes) is 49. The SMILES string of the molecule is CCCCCCCCCCCCCCCCCCCCC(=O)O[C@H](COC(=O)CCCCCCCCCCCCCCCC)COP(=O)(O)OC[C@@H](O)COP(=O)(O)OC[C@@H](COC(=O)CCCCCCCCCC)OC(=O)CCCCCCCCCCCCCCC. The third-order valence-corrected chi connectivity index (χ3v) is 19.3. The van der Waals surface area contributed by atoms with Gasteiger partial charge in [0.25, 0.3) is 0 Å². The Kier molecular flexibility index (Phi) is 67.1. The lowest BCUT2D eigenvalue weighted by Crippen LogP contribution is -2.30. The Morgan fingerprint density at radius 1 is 0.258 bits per heavy atom. The van der Waals surface area contributed by atoms with Crippen LogP contribution in [0.5, 0.6) is 0 Å². The van der Waals surface area contributed by atoms with Crippen LogP contribution in [0.2, 0.25) is 0 Å². The molecule has 0 heterocycles. The lowest BCUT2D eigenvalue weighted by Gasteiger charge is -2.21. The molecule has 17 nitrogen and oxygen atoms in total. The van der Waals surface area contributed by atoms with Gasteiger partial charge in [-0.25, -0.2) is 9.13 Å². The van der Waals surface area contributed by atoms with Gasteiger partial charge in [-0.05, 0) is 25.7 Å². The molecule has 0 aliphatic rings.